The Bertz CT molecular complexity index is 1400. The molecule has 0 aliphatic rings. The molecule has 0 fully saturated rings. The molecule has 2 amide bonds. The first kappa shape index (κ1) is 30.3. The molecule has 0 spiro atoms. The quantitative estimate of drug-likeness (QED) is 0.333. The van der Waals surface area contributed by atoms with E-state index in [9.17, 15) is 18.0 Å². The van der Waals surface area contributed by atoms with E-state index in [1.165, 1.54) is 42.3 Å². The van der Waals surface area contributed by atoms with Crippen LogP contribution in [-0.2, 0) is 26.2 Å². The van der Waals surface area contributed by atoms with Crippen molar-refractivity contribution in [2.45, 2.75) is 44.3 Å². The summed E-state index contributed by atoms with van der Waals surface area (Å²) >= 11 is 12.4. The summed E-state index contributed by atoms with van der Waals surface area (Å²) in [5.41, 5.74) is 0.820. The van der Waals surface area contributed by atoms with Crippen LogP contribution in [0.2, 0.25) is 10.0 Å². The number of ether oxygens (including phenoxy) is 1. The lowest BCUT2D eigenvalue weighted by Crippen LogP contribution is -2.52. The maximum absolute atomic E-state index is 13.9. The maximum atomic E-state index is 13.9. The lowest BCUT2D eigenvalue weighted by atomic mass is 10.1. The van der Waals surface area contributed by atoms with Crippen LogP contribution in [0.3, 0.4) is 0 Å². The Hall–Kier alpha value is -3.27. The largest absolute Gasteiger partial charge is 0.497 e. The van der Waals surface area contributed by atoms with Crippen LogP contribution in [0.5, 0.6) is 5.75 Å². The highest BCUT2D eigenvalue weighted by Gasteiger charge is 2.33. The van der Waals surface area contributed by atoms with Crippen molar-refractivity contribution < 1.29 is 22.7 Å². The molecule has 0 radical (unpaired) electrons. The van der Waals surface area contributed by atoms with Gasteiger partial charge in [0.1, 0.15) is 18.3 Å². The highest BCUT2D eigenvalue weighted by molar-refractivity contribution is 7.92. The Morgan fingerprint density at radius 3 is 2.15 bits per heavy atom. The number of halogens is 2. The minimum Gasteiger partial charge on any atom is -0.497 e. The van der Waals surface area contributed by atoms with E-state index in [0.717, 1.165) is 4.31 Å². The molecule has 0 saturated heterocycles. The first-order chi connectivity index (χ1) is 18.4. The summed E-state index contributed by atoms with van der Waals surface area (Å²) in [6.07, 6.45) is 0. The average Bonchev–Trinajstić information content (AvgIpc) is 2.89. The number of hydrogen-bond acceptors (Lipinski definition) is 5. The fourth-order valence-corrected chi connectivity index (χ4v) is 5.82. The summed E-state index contributed by atoms with van der Waals surface area (Å²) in [6.45, 7) is 4.67. The van der Waals surface area contributed by atoms with Crippen molar-refractivity contribution in [2.75, 3.05) is 18.0 Å². The second-order valence-corrected chi connectivity index (χ2v) is 11.9. The number of methoxy groups -OCH3 is 1. The van der Waals surface area contributed by atoms with Gasteiger partial charge in [-0.2, -0.15) is 0 Å². The number of nitrogens with one attached hydrogen (secondary N) is 1. The summed E-state index contributed by atoms with van der Waals surface area (Å²) < 4.78 is 33.8. The van der Waals surface area contributed by atoms with Crippen molar-refractivity contribution in [3.8, 4) is 5.75 Å². The van der Waals surface area contributed by atoms with Gasteiger partial charge in [-0.15, -0.1) is 0 Å². The molecular weight excluding hydrogens is 561 g/mol. The van der Waals surface area contributed by atoms with E-state index < -0.39 is 28.5 Å². The smallest absolute Gasteiger partial charge is 0.264 e. The minimum atomic E-state index is -4.22. The van der Waals surface area contributed by atoms with Crippen LogP contribution >= 0.6 is 23.2 Å². The predicted octanol–water partition coefficient (Wildman–Crippen LogP) is 5.14. The molecule has 8 nitrogen and oxygen atoms in total. The molecule has 1 N–H and O–H groups in total. The van der Waals surface area contributed by atoms with Gasteiger partial charge in [0, 0.05) is 22.6 Å². The SMILES string of the molecule is COc1cccc(CN(C(=O)CN(c2cc(Cl)cc(Cl)c2)S(=O)(=O)c2ccccc2)C(C)C(=O)NC(C)C)c1. The van der Waals surface area contributed by atoms with Gasteiger partial charge >= 0.3 is 0 Å². The maximum Gasteiger partial charge on any atom is 0.264 e. The summed E-state index contributed by atoms with van der Waals surface area (Å²) in [5.74, 6) is -0.384. The molecule has 1 atom stereocenters. The van der Waals surface area contributed by atoms with Crippen LogP contribution in [0.15, 0.2) is 77.7 Å². The van der Waals surface area contributed by atoms with Crippen molar-refractivity contribution in [1.82, 2.24) is 10.2 Å². The number of sulfonamides is 1. The number of hydrogen-bond donors (Lipinski definition) is 1. The van der Waals surface area contributed by atoms with E-state index in [0.29, 0.717) is 11.3 Å². The monoisotopic (exact) mass is 591 g/mol. The zero-order chi connectivity index (χ0) is 28.7. The normalized spacial score (nSPS) is 12.1. The molecule has 3 aromatic rings. The number of anilines is 1. The van der Waals surface area contributed by atoms with Crippen molar-refractivity contribution in [2.24, 2.45) is 0 Å². The number of carbonyl (C=O) groups is 2. The van der Waals surface area contributed by atoms with Crippen LogP contribution in [0, 0.1) is 0 Å². The van der Waals surface area contributed by atoms with Gasteiger partial charge in [0.25, 0.3) is 10.0 Å². The van der Waals surface area contributed by atoms with Gasteiger partial charge in [0.05, 0.1) is 17.7 Å². The molecular formula is C28H31Cl2N3O5S. The number of amides is 2. The van der Waals surface area contributed by atoms with Crippen LogP contribution in [0.4, 0.5) is 5.69 Å². The minimum absolute atomic E-state index is 0.0150. The summed E-state index contributed by atoms with van der Waals surface area (Å²) in [7, 11) is -2.69. The van der Waals surface area contributed by atoms with E-state index >= 15 is 0 Å². The fourth-order valence-electron chi connectivity index (χ4n) is 3.89. The standard InChI is InChI=1S/C28H31Cl2N3O5S/c1-19(2)31-28(35)20(3)32(17-21-9-8-10-25(13-21)38-4)27(34)18-33(24-15-22(29)14-23(30)16-24)39(36,37)26-11-6-5-7-12-26/h5-16,19-20H,17-18H2,1-4H3,(H,31,35). The molecule has 0 aliphatic carbocycles. The summed E-state index contributed by atoms with van der Waals surface area (Å²) in [4.78, 5) is 28.2. The Morgan fingerprint density at radius 2 is 1.56 bits per heavy atom. The summed E-state index contributed by atoms with van der Waals surface area (Å²) in [5, 5.41) is 3.23. The Morgan fingerprint density at radius 1 is 0.923 bits per heavy atom. The third-order valence-electron chi connectivity index (χ3n) is 5.83. The second kappa shape index (κ2) is 13.2. The lowest BCUT2D eigenvalue weighted by molar-refractivity contribution is -0.139. The van der Waals surface area contributed by atoms with E-state index in [1.54, 1.807) is 49.4 Å². The third kappa shape index (κ3) is 7.88. The zero-order valence-corrected chi connectivity index (χ0v) is 24.4. The molecule has 0 saturated carbocycles. The van der Waals surface area contributed by atoms with Gasteiger partial charge in [0.2, 0.25) is 11.8 Å². The predicted molar refractivity (Wildman–Crippen MR) is 154 cm³/mol. The first-order valence-electron chi connectivity index (χ1n) is 12.2. The molecule has 0 aliphatic heterocycles. The van der Waals surface area contributed by atoms with Gasteiger partial charge in [-0.3, -0.25) is 13.9 Å². The van der Waals surface area contributed by atoms with E-state index in [1.807, 2.05) is 13.8 Å². The fraction of sp³-hybridized carbons (Fsp3) is 0.286. The summed E-state index contributed by atoms with van der Waals surface area (Å²) in [6, 6.07) is 18.1. The molecule has 39 heavy (non-hydrogen) atoms. The topological polar surface area (TPSA) is 96.0 Å². The Balaban J connectivity index is 2.06. The van der Waals surface area contributed by atoms with Crippen LogP contribution in [-0.4, -0.2) is 50.9 Å². The van der Waals surface area contributed by atoms with E-state index in [2.05, 4.69) is 5.32 Å². The van der Waals surface area contributed by atoms with Crippen molar-refractivity contribution in [1.29, 1.82) is 0 Å². The molecule has 0 aromatic heterocycles. The van der Waals surface area contributed by atoms with Crippen LogP contribution in [0.1, 0.15) is 26.3 Å². The molecule has 1 unspecified atom stereocenters. The highest BCUT2D eigenvalue weighted by Crippen LogP contribution is 2.30. The number of carbonyl (C=O) groups excluding carboxylic acids is 2. The lowest BCUT2D eigenvalue weighted by Gasteiger charge is -2.32. The Labute approximate surface area is 239 Å². The van der Waals surface area contributed by atoms with E-state index in [-0.39, 0.29) is 39.1 Å². The molecule has 208 valence electrons. The zero-order valence-electron chi connectivity index (χ0n) is 22.1. The molecule has 0 bridgehead atoms. The molecule has 11 heteroatoms. The van der Waals surface area contributed by atoms with Crippen LogP contribution < -0.4 is 14.4 Å². The molecule has 0 heterocycles. The molecule has 3 rings (SSSR count). The van der Waals surface area contributed by atoms with Gasteiger partial charge in [-0.25, -0.2) is 8.42 Å². The third-order valence-corrected chi connectivity index (χ3v) is 8.06. The van der Waals surface area contributed by atoms with Crippen molar-refractivity contribution >= 4 is 50.7 Å². The first-order valence-corrected chi connectivity index (χ1v) is 14.4. The van der Waals surface area contributed by atoms with Crippen LogP contribution in [0.25, 0.3) is 0 Å². The number of nitrogens with zero attached hydrogens (tertiary/aromatic N) is 2. The van der Waals surface area contributed by atoms with Crippen molar-refractivity contribution in [3.05, 3.63) is 88.4 Å². The number of rotatable bonds is 11. The number of benzene rings is 3. The van der Waals surface area contributed by atoms with E-state index in [4.69, 9.17) is 27.9 Å². The average molecular weight is 593 g/mol. The van der Waals surface area contributed by atoms with Gasteiger partial charge in [0.15, 0.2) is 0 Å². The van der Waals surface area contributed by atoms with Gasteiger partial charge in [-0.05, 0) is 68.8 Å². The van der Waals surface area contributed by atoms with Gasteiger partial charge < -0.3 is 15.0 Å². The highest BCUT2D eigenvalue weighted by atomic mass is 35.5. The second-order valence-electron chi connectivity index (χ2n) is 9.16. The Kier molecular flexibility index (Phi) is 10.2. The van der Waals surface area contributed by atoms with Crippen molar-refractivity contribution in [3.63, 3.8) is 0 Å². The molecule has 3 aromatic carbocycles. The van der Waals surface area contributed by atoms with Gasteiger partial charge in [-0.1, -0.05) is 53.5 Å².